The molecule has 1 rings (SSSR count). The van der Waals surface area contributed by atoms with Gasteiger partial charge in [0, 0.05) is 5.75 Å². The molecule has 0 unspecified atom stereocenters. The molecule has 92 valence electrons. The van der Waals surface area contributed by atoms with Crippen molar-refractivity contribution in [2.45, 2.75) is 18.2 Å². The Morgan fingerprint density at radius 2 is 2.12 bits per heavy atom. The maximum Gasteiger partial charge on any atom is 0.179 e. The molecule has 0 aliphatic rings. The van der Waals surface area contributed by atoms with Crippen molar-refractivity contribution in [3.05, 3.63) is 29.8 Å². The SMILES string of the molecule is CCCSCCS(=O)(=O)c1cccc(C#N)c1. The maximum absolute atomic E-state index is 11.9. The summed E-state index contributed by atoms with van der Waals surface area (Å²) in [5.41, 5.74) is 0.382. The highest BCUT2D eigenvalue weighted by molar-refractivity contribution is 8.00. The fraction of sp³-hybridized carbons (Fsp3) is 0.417. The summed E-state index contributed by atoms with van der Waals surface area (Å²) in [5, 5.41) is 8.72. The molecule has 17 heavy (non-hydrogen) atoms. The van der Waals surface area contributed by atoms with E-state index in [1.807, 2.05) is 6.07 Å². The number of hydrogen-bond acceptors (Lipinski definition) is 4. The topological polar surface area (TPSA) is 57.9 Å². The highest BCUT2D eigenvalue weighted by Gasteiger charge is 2.14. The van der Waals surface area contributed by atoms with Gasteiger partial charge in [-0.3, -0.25) is 0 Å². The Balaban J connectivity index is 2.73. The summed E-state index contributed by atoms with van der Waals surface area (Å²) in [6, 6.07) is 8.12. The molecule has 0 N–H and O–H groups in total. The Hall–Kier alpha value is -0.990. The molecule has 0 spiro atoms. The third kappa shape index (κ3) is 4.41. The van der Waals surface area contributed by atoms with E-state index in [0.717, 1.165) is 12.2 Å². The lowest BCUT2D eigenvalue weighted by molar-refractivity contribution is 0.597. The summed E-state index contributed by atoms with van der Waals surface area (Å²) in [6.45, 7) is 2.07. The maximum atomic E-state index is 11.9. The first-order valence-corrected chi connectivity index (χ1v) is 8.21. The zero-order chi connectivity index (χ0) is 12.7. The molecule has 0 radical (unpaired) electrons. The first-order valence-electron chi connectivity index (χ1n) is 5.41. The normalized spacial score (nSPS) is 11.1. The van der Waals surface area contributed by atoms with Gasteiger partial charge in [0.15, 0.2) is 9.84 Å². The third-order valence-corrected chi connectivity index (χ3v) is 5.33. The third-order valence-electron chi connectivity index (χ3n) is 2.17. The number of thioether (sulfide) groups is 1. The Labute approximate surface area is 107 Å². The van der Waals surface area contributed by atoms with Gasteiger partial charge in [0.25, 0.3) is 0 Å². The first kappa shape index (κ1) is 14.1. The van der Waals surface area contributed by atoms with Crippen LogP contribution in [-0.4, -0.2) is 25.7 Å². The predicted molar refractivity (Wildman–Crippen MR) is 70.8 cm³/mol. The van der Waals surface area contributed by atoms with E-state index in [4.69, 9.17) is 5.26 Å². The van der Waals surface area contributed by atoms with Crippen LogP contribution < -0.4 is 0 Å². The largest absolute Gasteiger partial charge is 0.224 e. The van der Waals surface area contributed by atoms with E-state index >= 15 is 0 Å². The minimum absolute atomic E-state index is 0.131. The molecule has 0 bridgehead atoms. The van der Waals surface area contributed by atoms with Gasteiger partial charge in [0.2, 0.25) is 0 Å². The van der Waals surface area contributed by atoms with E-state index in [2.05, 4.69) is 6.92 Å². The van der Waals surface area contributed by atoms with Crippen LogP contribution in [0.15, 0.2) is 29.2 Å². The van der Waals surface area contributed by atoms with Gasteiger partial charge in [-0.25, -0.2) is 8.42 Å². The first-order chi connectivity index (χ1) is 8.10. The Morgan fingerprint density at radius 1 is 1.35 bits per heavy atom. The van der Waals surface area contributed by atoms with Crippen molar-refractivity contribution in [3.63, 3.8) is 0 Å². The minimum atomic E-state index is -3.25. The van der Waals surface area contributed by atoms with Crippen LogP contribution in [0.4, 0.5) is 0 Å². The average Bonchev–Trinajstić information content (AvgIpc) is 2.35. The molecule has 0 aromatic heterocycles. The Kier molecular flexibility index (Phi) is 5.52. The summed E-state index contributed by atoms with van der Waals surface area (Å²) < 4.78 is 23.9. The van der Waals surface area contributed by atoms with Crippen molar-refractivity contribution < 1.29 is 8.42 Å². The molecule has 3 nitrogen and oxygen atoms in total. The standard InChI is InChI=1S/C12H15NO2S2/c1-2-6-16-7-8-17(14,15)12-5-3-4-11(9-12)10-13/h3-5,9H,2,6-8H2,1H3. The van der Waals surface area contributed by atoms with Gasteiger partial charge in [-0.15, -0.1) is 0 Å². The molecule has 1 aromatic carbocycles. The second-order valence-corrected chi connectivity index (χ2v) is 6.90. The molecule has 0 fully saturated rings. The molecule has 0 aliphatic heterocycles. The highest BCUT2D eigenvalue weighted by atomic mass is 32.2. The fourth-order valence-electron chi connectivity index (χ4n) is 1.29. The van der Waals surface area contributed by atoms with E-state index < -0.39 is 9.84 Å². The highest BCUT2D eigenvalue weighted by Crippen LogP contribution is 2.14. The molecule has 1 aromatic rings. The van der Waals surface area contributed by atoms with Gasteiger partial charge in [0.1, 0.15) is 0 Å². The van der Waals surface area contributed by atoms with Gasteiger partial charge in [0.05, 0.1) is 22.3 Å². The zero-order valence-corrected chi connectivity index (χ0v) is 11.4. The van der Waals surface area contributed by atoms with E-state index in [-0.39, 0.29) is 10.6 Å². The van der Waals surface area contributed by atoms with E-state index in [0.29, 0.717) is 11.3 Å². The van der Waals surface area contributed by atoms with Crippen LogP contribution in [-0.2, 0) is 9.84 Å². The second kappa shape index (κ2) is 6.67. The smallest absolute Gasteiger partial charge is 0.179 e. The van der Waals surface area contributed by atoms with Crippen LogP contribution in [0.5, 0.6) is 0 Å². The molecular formula is C12H15NO2S2. The molecule has 0 heterocycles. The summed E-state index contributed by atoms with van der Waals surface area (Å²) in [4.78, 5) is 0.244. The molecule has 0 atom stereocenters. The Morgan fingerprint density at radius 3 is 2.76 bits per heavy atom. The van der Waals surface area contributed by atoms with Crippen molar-refractivity contribution in [1.29, 1.82) is 5.26 Å². The number of nitrogens with zero attached hydrogens (tertiary/aromatic N) is 1. The number of rotatable bonds is 6. The van der Waals surface area contributed by atoms with Crippen LogP contribution in [0.2, 0.25) is 0 Å². The van der Waals surface area contributed by atoms with Crippen LogP contribution in [0, 0.1) is 11.3 Å². The van der Waals surface area contributed by atoms with Gasteiger partial charge < -0.3 is 0 Å². The van der Waals surface area contributed by atoms with Crippen molar-refractivity contribution in [1.82, 2.24) is 0 Å². The van der Waals surface area contributed by atoms with Gasteiger partial charge in [-0.2, -0.15) is 17.0 Å². The van der Waals surface area contributed by atoms with Crippen molar-refractivity contribution >= 4 is 21.6 Å². The van der Waals surface area contributed by atoms with E-state index in [9.17, 15) is 8.42 Å². The van der Waals surface area contributed by atoms with Crippen LogP contribution in [0.3, 0.4) is 0 Å². The van der Waals surface area contributed by atoms with Crippen LogP contribution >= 0.6 is 11.8 Å². The van der Waals surface area contributed by atoms with Gasteiger partial charge in [-0.1, -0.05) is 13.0 Å². The lowest BCUT2D eigenvalue weighted by Crippen LogP contribution is -2.09. The van der Waals surface area contributed by atoms with Crippen molar-refractivity contribution in [3.8, 4) is 6.07 Å². The predicted octanol–water partition coefficient (Wildman–Crippen LogP) is 2.48. The van der Waals surface area contributed by atoms with Crippen LogP contribution in [0.25, 0.3) is 0 Å². The summed E-state index contributed by atoms with van der Waals surface area (Å²) in [5.74, 6) is 1.72. The number of sulfone groups is 1. The molecule has 0 saturated carbocycles. The minimum Gasteiger partial charge on any atom is -0.224 e. The van der Waals surface area contributed by atoms with Crippen molar-refractivity contribution in [2.24, 2.45) is 0 Å². The lowest BCUT2D eigenvalue weighted by Gasteiger charge is -2.04. The summed E-state index contributed by atoms with van der Waals surface area (Å²) >= 11 is 1.64. The van der Waals surface area contributed by atoms with Gasteiger partial charge >= 0.3 is 0 Å². The number of benzene rings is 1. The van der Waals surface area contributed by atoms with Crippen LogP contribution in [0.1, 0.15) is 18.9 Å². The molecule has 0 amide bonds. The summed E-state index contributed by atoms with van der Waals surface area (Å²) in [6.07, 6.45) is 1.05. The lowest BCUT2D eigenvalue weighted by atomic mass is 10.2. The quantitative estimate of drug-likeness (QED) is 0.744. The fourth-order valence-corrected chi connectivity index (χ4v) is 3.96. The van der Waals surface area contributed by atoms with Crippen molar-refractivity contribution in [2.75, 3.05) is 17.3 Å². The van der Waals surface area contributed by atoms with E-state index in [1.54, 1.807) is 30.0 Å². The summed E-state index contributed by atoms with van der Waals surface area (Å²) in [7, 11) is -3.25. The number of hydrogen-bond donors (Lipinski definition) is 0. The number of nitriles is 1. The zero-order valence-electron chi connectivity index (χ0n) is 9.72. The average molecular weight is 269 g/mol. The molecule has 0 saturated heterocycles. The molecular weight excluding hydrogens is 254 g/mol. The van der Waals surface area contributed by atoms with Gasteiger partial charge in [-0.05, 0) is 30.4 Å². The monoisotopic (exact) mass is 269 g/mol. The molecule has 0 aliphatic carbocycles. The second-order valence-electron chi connectivity index (χ2n) is 3.57. The van der Waals surface area contributed by atoms with E-state index in [1.165, 1.54) is 6.07 Å². The molecule has 5 heteroatoms. The Bertz CT molecular complexity index is 503.